The minimum absolute atomic E-state index is 0.261. The van der Waals surface area contributed by atoms with E-state index in [4.69, 9.17) is 17.3 Å². The predicted molar refractivity (Wildman–Crippen MR) is 84.6 cm³/mol. The van der Waals surface area contributed by atoms with Crippen LogP contribution in [0.15, 0.2) is 22.7 Å². The van der Waals surface area contributed by atoms with E-state index in [-0.39, 0.29) is 6.04 Å². The molecule has 0 amide bonds. The monoisotopic (exact) mass is 345 g/mol. The van der Waals surface area contributed by atoms with Crippen molar-refractivity contribution in [2.75, 3.05) is 39.8 Å². The topological polar surface area (TPSA) is 32.5 Å². The maximum absolute atomic E-state index is 6.19. The zero-order valence-electron chi connectivity index (χ0n) is 11.3. The lowest BCUT2D eigenvalue weighted by Crippen LogP contribution is -2.36. The predicted octanol–water partition coefficient (Wildman–Crippen LogP) is 2.74. The smallest absolute Gasteiger partial charge is 0.0551 e. The molecular weight excluding hydrogens is 326 g/mol. The van der Waals surface area contributed by atoms with Crippen LogP contribution in [0.4, 0.5) is 0 Å². The van der Waals surface area contributed by atoms with Crippen molar-refractivity contribution in [1.82, 2.24) is 9.80 Å². The number of halogens is 2. The number of benzene rings is 1. The minimum Gasteiger partial charge on any atom is -0.329 e. The molecule has 2 N–H and O–H groups in total. The summed E-state index contributed by atoms with van der Waals surface area (Å²) in [6, 6.07) is 6.40. The van der Waals surface area contributed by atoms with Gasteiger partial charge >= 0.3 is 0 Å². The molecule has 1 heterocycles. The summed E-state index contributed by atoms with van der Waals surface area (Å²) in [6.07, 6.45) is 1.19. The first kappa shape index (κ1) is 15.3. The molecule has 106 valence electrons. The molecule has 0 aromatic heterocycles. The highest BCUT2D eigenvalue weighted by molar-refractivity contribution is 9.10. The number of hydrogen-bond acceptors (Lipinski definition) is 3. The Hall–Kier alpha value is -0.130. The molecule has 1 saturated heterocycles. The highest BCUT2D eigenvalue weighted by Gasteiger charge is 2.21. The molecule has 1 aromatic carbocycles. The van der Waals surface area contributed by atoms with E-state index in [0.29, 0.717) is 6.54 Å². The zero-order chi connectivity index (χ0) is 13.8. The number of nitrogens with zero attached hydrogens (tertiary/aromatic N) is 2. The summed E-state index contributed by atoms with van der Waals surface area (Å²) in [7, 11) is 2.18. The van der Waals surface area contributed by atoms with Crippen molar-refractivity contribution < 1.29 is 0 Å². The molecule has 1 unspecified atom stereocenters. The Morgan fingerprint density at radius 3 is 2.79 bits per heavy atom. The molecule has 1 aliphatic rings. The van der Waals surface area contributed by atoms with Crippen LogP contribution in [0.5, 0.6) is 0 Å². The first-order valence-electron chi connectivity index (χ1n) is 6.69. The SMILES string of the molecule is CN1CCCN(C(CN)c2ccc(Br)c(Cl)c2)CC1. The van der Waals surface area contributed by atoms with Crippen molar-refractivity contribution in [2.45, 2.75) is 12.5 Å². The lowest BCUT2D eigenvalue weighted by molar-refractivity contribution is 0.208. The van der Waals surface area contributed by atoms with Gasteiger partial charge in [0, 0.05) is 36.7 Å². The Morgan fingerprint density at radius 2 is 2.11 bits per heavy atom. The number of nitrogens with two attached hydrogens (primary N) is 1. The number of likely N-dealkylation sites (N-methyl/N-ethyl adjacent to an activating group) is 1. The van der Waals surface area contributed by atoms with Crippen molar-refractivity contribution in [1.29, 1.82) is 0 Å². The van der Waals surface area contributed by atoms with Crippen LogP contribution in [0.25, 0.3) is 0 Å². The Balaban J connectivity index is 2.16. The molecule has 0 saturated carbocycles. The molecular formula is C14H21BrClN3. The molecule has 1 aromatic rings. The summed E-state index contributed by atoms with van der Waals surface area (Å²) in [4.78, 5) is 4.85. The van der Waals surface area contributed by atoms with Crippen molar-refractivity contribution in [3.63, 3.8) is 0 Å². The van der Waals surface area contributed by atoms with E-state index in [2.05, 4.69) is 38.8 Å². The average Bonchev–Trinajstić information content (AvgIpc) is 2.60. The van der Waals surface area contributed by atoms with E-state index in [1.807, 2.05) is 12.1 Å². The normalized spacial score (nSPS) is 20.2. The number of rotatable bonds is 3. The van der Waals surface area contributed by atoms with Crippen molar-refractivity contribution in [3.8, 4) is 0 Å². The lowest BCUT2D eigenvalue weighted by Gasteiger charge is -2.30. The molecule has 5 heteroatoms. The van der Waals surface area contributed by atoms with Crippen molar-refractivity contribution in [3.05, 3.63) is 33.3 Å². The first-order valence-corrected chi connectivity index (χ1v) is 7.86. The molecule has 3 nitrogen and oxygen atoms in total. The summed E-state index contributed by atoms with van der Waals surface area (Å²) in [5.74, 6) is 0. The van der Waals surface area contributed by atoms with E-state index in [1.165, 1.54) is 12.0 Å². The van der Waals surface area contributed by atoms with E-state index in [9.17, 15) is 0 Å². The molecule has 0 aliphatic carbocycles. The summed E-state index contributed by atoms with van der Waals surface area (Å²) >= 11 is 9.63. The van der Waals surface area contributed by atoms with Crippen LogP contribution in [-0.2, 0) is 0 Å². The summed E-state index contributed by atoms with van der Waals surface area (Å²) in [6.45, 7) is 5.04. The minimum atomic E-state index is 0.261. The van der Waals surface area contributed by atoms with Gasteiger partial charge in [0.15, 0.2) is 0 Å². The second-order valence-corrected chi connectivity index (χ2v) is 6.38. The van der Waals surface area contributed by atoms with Crippen molar-refractivity contribution in [2.24, 2.45) is 5.73 Å². The van der Waals surface area contributed by atoms with E-state index in [0.717, 1.165) is 35.7 Å². The second kappa shape index (κ2) is 7.04. The Morgan fingerprint density at radius 1 is 1.32 bits per heavy atom. The maximum Gasteiger partial charge on any atom is 0.0551 e. The van der Waals surface area contributed by atoms with Gasteiger partial charge in [-0.2, -0.15) is 0 Å². The molecule has 1 aliphatic heterocycles. The van der Waals surface area contributed by atoms with Crippen LogP contribution < -0.4 is 5.73 Å². The quantitative estimate of drug-likeness (QED) is 0.913. The Labute approximate surface area is 128 Å². The molecule has 0 bridgehead atoms. The van der Waals surface area contributed by atoms with Gasteiger partial charge in [-0.05, 0) is 53.6 Å². The van der Waals surface area contributed by atoms with Crippen LogP contribution in [-0.4, -0.2) is 49.6 Å². The van der Waals surface area contributed by atoms with Gasteiger partial charge < -0.3 is 10.6 Å². The first-order chi connectivity index (χ1) is 9.11. The largest absolute Gasteiger partial charge is 0.329 e. The standard InChI is InChI=1S/C14H21BrClN3/c1-18-5-2-6-19(8-7-18)14(10-17)11-3-4-12(15)13(16)9-11/h3-4,9,14H,2,5-8,10,17H2,1H3. The summed E-state index contributed by atoms with van der Waals surface area (Å²) in [5.41, 5.74) is 7.21. The van der Waals surface area contributed by atoms with Gasteiger partial charge in [0.2, 0.25) is 0 Å². The molecule has 1 fully saturated rings. The summed E-state index contributed by atoms with van der Waals surface area (Å²) < 4.78 is 0.935. The highest BCUT2D eigenvalue weighted by Crippen LogP contribution is 2.28. The van der Waals surface area contributed by atoms with Crippen molar-refractivity contribution >= 4 is 27.5 Å². The number of hydrogen-bond donors (Lipinski definition) is 1. The van der Waals surface area contributed by atoms with Gasteiger partial charge in [-0.25, -0.2) is 0 Å². The third-order valence-electron chi connectivity index (χ3n) is 3.75. The van der Waals surface area contributed by atoms with Crippen LogP contribution in [0, 0.1) is 0 Å². The molecule has 19 heavy (non-hydrogen) atoms. The fraction of sp³-hybridized carbons (Fsp3) is 0.571. The zero-order valence-corrected chi connectivity index (χ0v) is 13.6. The fourth-order valence-electron chi connectivity index (χ4n) is 2.59. The fourth-order valence-corrected chi connectivity index (χ4v) is 3.03. The van der Waals surface area contributed by atoms with E-state index in [1.54, 1.807) is 0 Å². The van der Waals surface area contributed by atoms with Gasteiger partial charge in [-0.15, -0.1) is 0 Å². The van der Waals surface area contributed by atoms with Crippen LogP contribution in [0.1, 0.15) is 18.0 Å². The molecule has 2 rings (SSSR count). The Bertz CT molecular complexity index is 427. The average molecular weight is 347 g/mol. The molecule has 1 atom stereocenters. The maximum atomic E-state index is 6.19. The van der Waals surface area contributed by atoms with Gasteiger partial charge in [0.05, 0.1) is 5.02 Å². The van der Waals surface area contributed by atoms with Gasteiger partial charge in [-0.3, -0.25) is 4.90 Å². The second-order valence-electron chi connectivity index (χ2n) is 5.12. The Kier molecular flexibility index (Phi) is 5.66. The van der Waals surface area contributed by atoms with Gasteiger partial charge in [0.25, 0.3) is 0 Å². The van der Waals surface area contributed by atoms with Crippen LogP contribution in [0.2, 0.25) is 5.02 Å². The van der Waals surface area contributed by atoms with Crippen LogP contribution >= 0.6 is 27.5 Å². The third kappa shape index (κ3) is 3.92. The third-order valence-corrected chi connectivity index (χ3v) is 4.98. The van der Waals surface area contributed by atoms with Gasteiger partial charge in [0.1, 0.15) is 0 Å². The van der Waals surface area contributed by atoms with E-state index >= 15 is 0 Å². The molecule has 0 radical (unpaired) electrons. The summed E-state index contributed by atoms with van der Waals surface area (Å²) in [5, 5.41) is 0.753. The van der Waals surface area contributed by atoms with Crippen LogP contribution in [0.3, 0.4) is 0 Å². The van der Waals surface area contributed by atoms with E-state index < -0.39 is 0 Å². The lowest BCUT2D eigenvalue weighted by atomic mass is 10.1. The van der Waals surface area contributed by atoms with Gasteiger partial charge in [-0.1, -0.05) is 17.7 Å². The molecule has 0 spiro atoms. The highest BCUT2D eigenvalue weighted by atomic mass is 79.9.